The number of fused-ring (bicyclic) bond motifs is 1. The van der Waals surface area contributed by atoms with Crippen molar-refractivity contribution in [2.75, 3.05) is 33.4 Å². The number of ether oxygens (including phenoxy) is 3. The Morgan fingerprint density at radius 1 is 1.06 bits per heavy atom. The Morgan fingerprint density at radius 2 is 1.85 bits per heavy atom. The quantitative estimate of drug-likeness (QED) is 0.442. The van der Waals surface area contributed by atoms with Crippen molar-refractivity contribution in [1.82, 2.24) is 5.06 Å². The number of nitrogens with zero attached hydrogens (tertiary/aromatic N) is 1. The third-order valence-corrected chi connectivity index (χ3v) is 6.00. The van der Waals surface area contributed by atoms with Crippen LogP contribution in [0.2, 0.25) is 0 Å². The first-order chi connectivity index (χ1) is 16.5. The van der Waals surface area contributed by atoms with Gasteiger partial charge in [0.1, 0.15) is 18.1 Å². The minimum Gasteiger partial charge on any atom is -0.508 e. The average Bonchev–Trinajstić information content (AvgIpc) is 2.84. The molecule has 4 rings (SSSR count). The molecule has 3 aromatic rings. The molecule has 8 nitrogen and oxygen atoms in total. The van der Waals surface area contributed by atoms with Crippen molar-refractivity contribution in [3.05, 3.63) is 71.8 Å². The first-order valence-electron chi connectivity index (χ1n) is 11.2. The van der Waals surface area contributed by atoms with Crippen LogP contribution in [0, 0.1) is 0 Å². The van der Waals surface area contributed by atoms with Gasteiger partial charge in [-0.2, -0.15) is 0 Å². The second-order valence-electron chi connectivity index (χ2n) is 8.20. The van der Waals surface area contributed by atoms with Gasteiger partial charge in [-0.15, -0.1) is 5.06 Å². The fourth-order valence-electron chi connectivity index (χ4n) is 4.35. The molecule has 34 heavy (non-hydrogen) atoms. The van der Waals surface area contributed by atoms with Crippen molar-refractivity contribution in [2.24, 2.45) is 0 Å². The Hall–Kier alpha value is -3.33. The maximum absolute atomic E-state index is 11.1. The highest BCUT2D eigenvalue weighted by Crippen LogP contribution is 2.35. The smallest absolute Gasteiger partial charge is 0.508 e. The van der Waals surface area contributed by atoms with Gasteiger partial charge in [0.05, 0.1) is 25.9 Å². The zero-order chi connectivity index (χ0) is 23.9. The number of hydrogen-bond donors (Lipinski definition) is 2. The van der Waals surface area contributed by atoms with Crippen molar-refractivity contribution in [3.63, 3.8) is 0 Å². The molecule has 0 spiro atoms. The Labute approximate surface area is 198 Å². The van der Waals surface area contributed by atoms with Crippen molar-refractivity contribution < 1.29 is 34.1 Å². The Bertz CT molecular complexity index is 1100. The van der Waals surface area contributed by atoms with Crippen LogP contribution in [0.5, 0.6) is 11.5 Å². The van der Waals surface area contributed by atoms with Crippen LogP contribution in [0.1, 0.15) is 23.5 Å². The molecule has 180 valence electrons. The van der Waals surface area contributed by atoms with E-state index in [2.05, 4.69) is 0 Å². The lowest BCUT2D eigenvalue weighted by Gasteiger charge is -2.37. The Kier molecular flexibility index (Phi) is 7.84. The number of rotatable bonds is 9. The number of phenolic OH excluding ortho intramolecular Hbond substituents is 1. The molecule has 2 N–H and O–H groups in total. The largest absolute Gasteiger partial charge is 0.525 e. The third-order valence-electron chi connectivity index (χ3n) is 6.00. The summed E-state index contributed by atoms with van der Waals surface area (Å²) in [5, 5.41) is 22.2. The van der Waals surface area contributed by atoms with E-state index in [0.717, 1.165) is 27.6 Å². The highest BCUT2D eigenvalue weighted by Gasteiger charge is 2.33. The number of carbonyl (C=O) groups is 1. The number of phenols is 1. The molecular weight excluding hydrogens is 438 g/mol. The van der Waals surface area contributed by atoms with Gasteiger partial charge in [0, 0.05) is 30.5 Å². The van der Waals surface area contributed by atoms with E-state index in [1.54, 1.807) is 19.2 Å². The van der Waals surface area contributed by atoms with E-state index in [1.165, 1.54) is 5.06 Å². The first kappa shape index (κ1) is 23.8. The molecule has 8 heteroatoms. The molecule has 0 amide bonds. The van der Waals surface area contributed by atoms with E-state index in [1.807, 2.05) is 48.5 Å². The number of carboxylic acid groups (broad SMARTS) is 1. The second-order valence-corrected chi connectivity index (χ2v) is 8.20. The minimum atomic E-state index is -1.34. The van der Waals surface area contributed by atoms with Crippen LogP contribution in [-0.2, 0) is 20.9 Å². The summed E-state index contributed by atoms with van der Waals surface area (Å²) in [7, 11) is 1.63. The monoisotopic (exact) mass is 467 g/mol. The standard InChI is InChI=1S/C26H29NO7/c1-31-14-15-32-25-20(7-6-18-4-2-3-5-23(18)25)17-33-24-16-27(34-26(29)30)13-12-22(24)19-8-10-21(28)11-9-19/h2-11,22,24,28H,12-17H2,1H3,(H,29,30). The van der Waals surface area contributed by atoms with Crippen LogP contribution in [0.4, 0.5) is 4.79 Å². The van der Waals surface area contributed by atoms with Gasteiger partial charge in [0.25, 0.3) is 0 Å². The van der Waals surface area contributed by atoms with Gasteiger partial charge in [0.2, 0.25) is 0 Å². The molecule has 0 saturated carbocycles. The SMILES string of the molecule is COCCOc1c(COC2CN(OC(=O)O)CCC2c2ccc(O)cc2)ccc2ccccc12. The zero-order valence-corrected chi connectivity index (χ0v) is 19.1. The highest BCUT2D eigenvalue weighted by molar-refractivity contribution is 5.89. The van der Waals surface area contributed by atoms with Crippen molar-refractivity contribution in [1.29, 1.82) is 0 Å². The summed E-state index contributed by atoms with van der Waals surface area (Å²) in [4.78, 5) is 16.0. The lowest BCUT2D eigenvalue weighted by molar-refractivity contribution is -0.166. The Morgan fingerprint density at radius 3 is 2.62 bits per heavy atom. The topological polar surface area (TPSA) is 97.7 Å². The molecule has 0 aromatic heterocycles. The molecule has 1 fully saturated rings. The van der Waals surface area contributed by atoms with E-state index in [0.29, 0.717) is 32.7 Å². The number of hydrogen-bond acceptors (Lipinski definition) is 7. The van der Waals surface area contributed by atoms with Gasteiger partial charge < -0.3 is 29.3 Å². The summed E-state index contributed by atoms with van der Waals surface area (Å²) in [6, 6.07) is 19.1. The molecule has 1 aliphatic heterocycles. The summed E-state index contributed by atoms with van der Waals surface area (Å²) in [6.07, 6.45) is -1.02. The summed E-state index contributed by atoms with van der Waals surface area (Å²) in [5.41, 5.74) is 1.92. The number of hydroxylamine groups is 2. The van der Waals surface area contributed by atoms with E-state index < -0.39 is 6.16 Å². The summed E-state index contributed by atoms with van der Waals surface area (Å²) < 4.78 is 17.6. The van der Waals surface area contributed by atoms with E-state index in [9.17, 15) is 9.90 Å². The molecule has 0 radical (unpaired) electrons. The van der Waals surface area contributed by atoms with E-state index in [4.69, 9.17) is 24.2 Å². The molecule has 2 atom stereocenters. The minimum absolute atomic E-state index is 0.0209. The number of aromatic hydroxyl groups is 1. The first-order valence-corrected chi connectivity index (χ1v) is 11.2. The maximum Gasteiger partial charge on any atom is 0.525 e. The lowest BCUT2D eigenvalue weighted by Crippen LogP contribution is -2.44. The van der Waals surface area contributed by atoms with Crippen LogP contribution in [0.3, 0.4) is 0 Å². The normalized spacial score (nSPS) is 18.6. The molecule has 3 aromatic carbocycles. The van der Waals surface area contributed by atoms with Gasteiger partial charge >= 0.3 is 6.16 Å². The average molecular weight is 468 g/mol. The van der Waals surface area contributed by atoms with Crippen LogP contribution in [0.15, 0.2) is 60.7 Å². The lowest BCUT2D eigenvalue weighted by atomic mass is 9.87. The molecular formula is C26H29NO7. The zero-order valence-electron chi connectivity index (χ0n) is 19.1. The number of methoxy groups -OCH3 is 1. The van der Waals surface area contributed by atoms with Gasteiger partial charge in [-0.1, -0.05) is 48.5 Å². The van der Waals surface area contributed by atoms with E-state index in [-0.39, 0.29) is 24.4 Å². The van der Waals surface area contributed by atoms with Crippen LogP contribution in [0.25, 0.3) is 10.8 Å². The maximum atomic E-state index is 11.1. The van der Waals surface area contributed by atoms with Crippen molar-refractivity contribution in [2.45, 2.75) is 25.0 Å². The predicted molar refractivity (Wildman–Crippen MR) is 126 cm³/mol. The third kappa shape index (κ3) is 5.77. The number of piperidine rings is 1. The van der Waals surface area contributed by atoms with Crippen LogP contribution in [-0.4, -0.2) is 60.9 Å². The van der Waals surface area contributed by atoms with E-state index >= 15 is 0 Å². The molecule has 0 bridgehead atoms. The Balaban J connectivity index is 1.57. The molecule has 1 saturated heterocycles. The summed E-state index contributed by atoms with van der Waals surface area (Å²) in [5.74, 6) is 0.972. The fraction of sp³-hybridized carbons (Fsp3) is 0.346. The van der Waals surface area contributed by atoms with Crippen LogP contribution < -0.4 is 4.74 Å². The predicted octanol–water partition coefficient (Wildman–Crippen LogP) is 4.55. The second kappa shape index (κ2) is 11.2. The fourth-order valence-corrected chi connectivity index (χ4v) is 4.35. The molecule has 1 aliphatic rings. The summed E-state index contributed by atoms with van der Waals surface area (Å²) >= 11 is 0. The van der Waals surface area contributed by atoms with Gasteiger partial charge in [-0.05, 0) is 29.5 Å². The summed E-state index contributed by atoms with van der Waals surface area (Å²) in [6.45, 7) is 1.92. The van der Waals surface area contributed by atoms with Crippen LogP contribution >= 0.6 is 0 Å². The van der Waals surface area contributed by atoms with Gasteiger partial charge in [0.15, 0.2) is 0 Å². The molecule has 0 aliphatic carbocycles. The van der Waals surface area contributed by atoms with Gasteiger partial charge in [-0.3, -0.25) is 0 Å². The molecule has 2 unspecified atom stereocenters. The number of benzene rings is 3. The van der Waals surface area contributed by atoms with Gasteiger partial charge in [-0.25, -0.2) is 4.79 Å². The van der Waals surface area contributed by atoms with Crippen molar-refractivity contribution in [3.8, 4) is 11.5 Å². The van der Waals surface area contributed by atoms with Crippen molar-refractivity contribution >= 4 is 16.9 Å². The highest BCUT2D eigenvalue weighted by atomic mass is 16.8. The molecule has 1 heterocycles.